The summed E-state index contributed by atoms with van der Waals surface area (Å²) in [5.41, 5.74) is 1.33. The normalized spacial score (nSPS) is 13.0. The minimum atomic E-state index is 0.604. The number of nitrogens with one attached hydrogen (secondary N) is 1. The lowest BCUT2D eigenvalue weighted by Gasteiger charge is -2.24. The zero-order chi connectivity index (χ0) is 11.8. The van der Waals surface area contributed by atoms with E-state index < -0.39 is 0 Å². The van der Waals surface area contributed by atoms with Crippen LogP contribution in [0.25, 0.3) is 0 Å². The molecule has 0 saturated heterocycles. The van der Waals surface area contributed by atoms with Crippen molar-refractivity contribution in [1.82, 2.24) is 15.2 Å². The van der Waals surface area contributed by atoms with E-state index in [0.717, 1.165) is 19.6 Å². The molecule has 0 aliphatic rings. The minimum absolute atomic E-state index is 0.604. The maximum atomic E-state index is 4.03. The Balaban J connectivity index is 2.31. The van der Waals surface area contributed by atoms with Gasteiger partial charge in [0.2, 0.25) is 0 Å². The highest BCUT2D eigenvalue weighted by atomic mass is 15.1. The number of pyridine rings is 1. The fourth-order valence-electron chi connectivity index (χ4n) is 1.64. The summed E-state index contributed by atoms with van der Waals surface area (Å²) in [5, 5.41) is 3.36. The van der Waals surface area contributed by atoms with Gasteiger partial charge in [0.1, 0.15) is 0 Å². The molecule has 3 heteroatoms. The van der Waals surface area contributed by atoms with Gasteiger partial charge in [-0.25, -0.2) is 0 Å². The van der Waals surface area contributed by atoms with E-state index in [1.807, 2.05) is 12.4 Å². The van der Waals surface area contributed by atoms with Gasteiger partial charge in [-0.1, -0.05) is 6.92 Å². The third-order valence-corrected chi connectivity index (χ3v) is 2.92. The second-order valence-electron chi connectivity index (χ2n) is 4.26. The van der Waals surface area contributed by atoms with Crippen molar-refractivity contribution in [2.75, 3.05) is 20.1 Å². The summed E-state index contributed by atoms with van der Waals surface area (Å²) in [4.78, 5) is 6.41. The highest BCUT2D eigenvalue weighted by Gasteiger charge is 2.08. The molecule has 0 spiro atoms. The number of nitrogens with zero attached hydrogens (tertiary/aromatic N) is 2. The van der Waals surface area contributed by atoms with E-state index in [4.69, 9.17) is 0 Å². The molecule has 0 saturated carbocycles. The molecule has 16 heavy (non-hydrogen) atoms. The number of aromatic nitrogens is 1. The molecule has 1 aromatic heterocycles. The lowest BCUT2D eigenvalue weighted by molar-refractivity contribution is 0.237. The Bertz CT molecular complexity index is 274. The molecule has 1 N–H and O–H groups in total. The van der Waals surface area contributed by atoms with Crippen molar-refractivity contribution in [3.8, 4) is 0 Å². The second kappa shape index (κ2) is 7.36. The van der Waals surface area contributed by atoms with Crippen molar-refractivity contribution in [3.05, 3.63) is 30.1 Å². The van der Waals surface area contributed by atoms with Crippen molar-refractivity contribution in [1.29, 1.82) is 0 Å². The van der Waals surface area contributed by atoms with E-state index in [2.05, 4.69) is 48.2 Å². The Morgan fingerprint density at radius 2 is 2.06 bits per heavy atom. The Kier molecular flexibility index (Phi) is 6.04. The first-order valence-corrected chi connectivity index (χ1v) is 6.04. The standard InChI is InChI=1S/C13H23N3/c1-4-14-8-5-12(2)16(3)11-13-6-9-15-10-7-13/h6-7,9-10,12,14H,4-5,8,11H2,1-3H3. The van der Waals surface area contributed by atoms with E-state index in [-0.39, 0.29) is 0 Å². The van der Waals surface area contributed by atoms with Crippen LogP contribution in [0.5, 0.6) is 0 Å². The monoisotopic (exact) mass is 221 g/mol. The smallest absolute Gasteiger partial charge is 0.0271 e. The summed E-state index contributed by atoms with van der Waals surface area (Å²) in [6, 6.07) is 4.76. The van der Waals surface area contributed by atoms with Crippen molar-refractivity contribution in [2.24, 2.45) is 0 Å². The van der Waals surface area contributed by atoms with Gasteiger partial charge in [0, 0.05) is 25.0 Å². The number of hydrogen-bond donors (Lipinski definition) is 1. The van der Waals surface area contributed by atoms with Crippen LogP contribution in [0.1, 0.15) is 25.8 Å². The molecule has 0 aliphatic heterocycles. The SMILES string of the molecule is CCNCCC(C)N(C)Cc1ccncc1. The predicted molar refractivity (Wildman–Crippen MR) is 68.3 cm³/mol. The molecule has 0 aromatic carbocycles. The second-order valence-corrected chi connectivity index (χ2v) is 4.26. The van der Waals surface area contributed by atoms with Gasteiger partial charge in [-0.3, -0.25) is 9.88 Å². The predicted octanol–water partition coefficient (Wildman–Crippen LogP) is 1.90. The lowest BCUT2D eigenvalue weighted by atomic mass is 10.2. The molecule has 0 aliphatic carbocycles. The average Bonchev–Trinajstić information content (AvgIpc) is 2.30. The van der Waals surface area contributed by atoms with Crippen LogP contribution in [0.3, 0.4) is 0 Å². The third kappa shape index (κ3) is 4.73. The topological polar surface area (TPSA) is 28.2 Å². The Morgan fingerprint density at radius 1 is 1.38 bits per heavy atom. The fraction of sp³-hybridized carbons (Fsp3) is 0.615. The quantitative estimate of drug-likeness (QED) is 0.713. The van der Waals surface area contributed by atoms with Gasteiger partial charge in [0.15, 0.2) is 0 Å². The molecule has 0 bridgehead atoms. The molecule has 1 aromatic rings. The first-order chi connectivity index (χ1) is 7.74. The van der Waals surface area contributed by atoms with E-state index in [9.17, 15) is 0 Å². The zero-order valence-corrected chi connectivity index (χ0v) is 10.6. The summed E-state index contributed by atoms with van der Waals surface area (Å²) >= 11 is 0. The lowest BCUT2D eigenvalue weighted by Crippen LogP contribution is -2.31. The molecule has 1 rings (SSSR count). The maximum Gasteiger partial charge on any atom is 0.0271 e. The van der Waals surface area contributed by atoms with Crippen molar-refractivity contribution in [2.45, 2.75) is 32.9 Å². The van der Waals surface area contributed by atoms with E-state index in [1.165, 1.54) is 12.0 Å². The van der Waals surface area contributed by atoms with Gasteiger partial charge >= 0.3 is 0 Å². The molecule has 0 fully saturated rings. The summed E-state index contributed by atoms with van der Waals surface area (Å²) in [5.74, 6) is 0. The molecule has 0 amide bonds. The van der Waals surface area contributed by atoms with Crippen LogP contribution in [0, 0.1) is 0 Å². The van der Waals surface area contributed by atoms with Gasteiger partial charge in [0.25, 0.3) is 0 Å². The highest BCUT2D eigenvalue weighted by molar-refractivity contribution is 5.09. The maximum absolute atomic E-state index is 4.03. The van der Waals surface area contributed by atoms with Crippen molar-refractivity contribution in [3.63, 3.8) is 0 Å². The van der Waals surface area contributed by atoms with Gasteiger partial charge in [0.05, 0.1) is 0 Å². The van der Waals surface area contributed by atoms with Gasteiger partial charge in [-0.15, -0.1) is 0 Å². The average molecular weight is 221 g/mol. The van der Waals surface area contributed by atoms with Gasteiger partial charge in [-0.05, 0) is 51.2 Å². The minimum Gasteiger partial charge on any atom is -0.317 e. The molecule has 1 unspecified atom stereocenters. The third-order valence-electron chi connectivity index (χ3n) is 2.92. The first kappa shape index (κ1) is 13.1. The van der Waals surface area contributed by atoms with Crippen LogP contribution in [0.15, 0.2) is 24.5 Å². The van der Waals surface area contributed by atoms with E-state index >= 15 is 0 Å². The largest absolute Gasteiger partial charge is 0.317 e. The summed E-state index contributed by atoms with van der Waals surface area (Å²) in [7, 11) is 2.18. The molecule has 1 heterocycles. The van der Waals surface area contributed by atoms with Crippen LogP contribution in [0.2, 0.25) is 0 Å². The Hall–Kier alpha value is -0.930. The van der Waals surface area contributed by atoms with Gasteiger partial charge in [-0.2, -0.15) is 0 Å². The molecular formula is C13H23N3. The van der Waals surface area contributed by atoms with Crippen LogP contribution < -0.4 is 5.32 Å². The van der Waals surface area contributed by atoms with Crippen LogP contribution in [-0.2, 0) is 6.54 Å². The van der Waals surface area contributed by atoms with E-state index in [1.54, 1.807) is 0 Å². The Labute approximate surface area is 98.9 Å². The summed E-state index contributed by atoms with van der Waals surface area (Å²) in [6.45, 7) is 7.57. The highest BCUT2D eigenvalue weighted by Crippen LogP contribution is 2.06. The van der Waals surface area contributed by atoms with Gasteiger partial charge < -0.3 is 5.32 Å². The van der Waals surface area contributed by atoms with E-state index in [0.29, 0.717) is 6.04 Å². The van der Waals surface area contributed by atoms with Crippen LogP contribution >= 0.6 is 0 Å². The summed E-state index contributed by atoms with van der Waals surface area (Å²) in [6.07, 6.45) is 4.90. The fourth-order valence-corrected chi connectivity index (χ4v) is 1.64. The summed E-state index contributed by atoms with van der Waals surface area (Å²) < 4.78 is 0. The molecule has 1 atom stereocenters. The Morgan fingerprint density at radius 3 is 2.69 bits per heavy atom. The molecule has 90 valence electrons. The number of rotatable bonds is 7. The molecule has 0 radical (unpaired) electrons. The van der Waals surface area contributed by atoms with Crippen LogP contribution in [0.4, 0.5) is 0 Å². The molecule has 3 nitrogen and oxygen atoms in total. The van der Waals surface area contributed by atoms with Crippen LogP contribution in [-0.4, -0.2) is 36.1 Å². The van der Waals surface area contributed by atoms with Crippen molar-refractivity contribution < 1.29 is 0 Å². The zero-order valence-electron chi connectivity index (χ0n) is 10.6. The molecular weight excluding hydrogens is 198 g/mol. The first-order valence-electron chi connectivity index (χ1n) is 6.04. The number of hydrogen-bond acceptors (Lipinski definition) is 3. The van der Waals surface area contributed by atoms with Crippen molar-refractivity contribution >= 4 is 0 Å².